The Bertz CT molecular complexity index is 503. The molecule has 0 saturated heterocycles. The molecular formula is C10H9F5N4. The van der Waals surface area contributed by atoms with E-state index in [1.807, 2.05) is 0 Å². The van der Waals surface area contributed by atoms with E-state index in [1.165, 1.54) is 6.07 Å². The Hall–Kier alpha value is -2.19. The maximum atomic E-state index is 13.2. The summed E-state index contributed by atoms with van der Waals surface area (Å²) < 4.78 is 63.3. The van der Waals surface area contributed by atoms with Crippen LogP contribution in [0.3, 0.4) is 0 Å². The van der Waals surface area contributed by atoms with Crippen LogP contribution in [0, 0.1) is 0 Å². The summed E-state index contributed by atoms with van der Waals surface area (Å²) in [6, 6.07) is 4.05. The number of halogens is 5. The first-order chi connectivity index (χ1) is 8.66. The molecule has 0 fully saturated rings. The minimum atomic E-state index is -5.70. The summed E-state index contributed by atoms with van der Waals surface area (Å²) in [5, 5.41) is 6.33. The molecule has 1 aromatic rings. The lowest BCUT2D eigenvalue weighted by atomic mass is 10.0. The van der Waals surface area contributed by atoms with E-state index in [2.05, 4.69) is 10.2 Å². The summed E-state index contributed by atoms with van der Waals surface area (Å²) in [7, 11) is 0. The van der Waals surface area contributed by atoms with Crippen molar-refractivity contribution in [2.75, 3.05) is 0 Å². The quantitative estimate of drug-likeness (QED) is 0.384. The highest BCUT2D eigenvalue weighted by atomic mass is 19.4. The van der Waals surface area contributed by atoms with Crippen LogP contribution in [0.15, 0.2) is 34.5 Å². The van der Waals surface area contributed by atoms with Crippen LogP contribution >= 0.6 is 0 Å². The molecule has 0 aliphatic heterocycles. The molecule has 9 heteroatoms. The third kappa shape index (κ3) is 3.39. The highest BCUT2D eigenvalue weighted by Crippen LogP contribution is 2.44. The van der Waals surface area contributed by atoms with Crippen molar-refractivity contribution in [1.29, 1.82) is 0 Å². The van der Waals surface area contributed by atoms with Crippen molar-refractivity contribution in [3.8, 4) is 0 Å². The minimum Gasteiger partial charge on any atom is -0.369 e. The average molecular weight is 280 g/mol. The maximum absolute atomic E-state index is 13.2. The van der Waals surface area contributed by atoms with Gasteiger partial charge in [-0.3, -0.25) is 0 Å². The Morgan fingerprint density at radius 1 is 1.05 bits per heavy atom. The maximum Gasteiger partial charge on any atom is 0.458 e. The van der Waals surface area contributed by atoms with Gasteiger partial charge in [-0.1, -0.05) is 24.3 Å². The molecule has 0 aliphatic carbocycles. The Morgan fingerprint density at radius 2 is 1.63 bits per heavy atom. The molecule has 0 saturated carbocycles. The Labute approximate surface area is 104 Å². The van der Waals surface area contributed by atoms with Gasteiger partial charge in [0.05, 0.1) is 6.21 Å². The summed E-state index contributed by atoms with van der Waals surface area (Å²) in [5.74, 6) is -5.44. The fraction of sp³-hybridized carbons (Fsp3) is 0.200. The Balaban J connectivity index is 3.24. The van der Waals surface area contributed by atoms with E-state index in [9.17, 15) is 22.0 Å². The van der Waals surface area contributed by atoms with Crippen molar-refractivity contribution in [3.63, 3.8) is 0 Å². The topological polar surface area (TPSA) is 76.8 Å². The SMILES string of the molecule is NC(N)=NN=Cc1ccccc1C(F)(F)C(F)(F)F. The monoisotopic (exact) mass is 280 g/mol. The molecule has 104 valence electrons. The van der Waals surface area contributed by atoms with Crippen LogP contribution in [0.4, 0.5) is 22.0 Å². The summed E-state index contributed by atoms with van der Waals surface area (Å²) in [6.45, 7) is 0. The van der Waals surface area contributed by atoms with Gasteiger partial charge < -0.3 is 11.5 Å². The third-order valence-corrected chi connectivity index (χ3v) is 2.03. The van der Waals surface area contributed by atoms with Crippen LogP contribution in [0.1, 0.15) is 11.1 Å². The van der Waals surface area contributed by atoms with Gasteiger partial charge in [-0.15, -0.1) is 5.10 Å². The van der Waals surface area contributed by atoms with Gasteiger partial charge in [0, 0.05) is 11.1 Å². The van der Waals surface area contributed by atoms with Crippen LogP contribution < -0.4 is 11.5 Å². The van der Waals surface area contributed by atoms with E-state index in [4.69, 9.17) is 11.5 Å². The van der Waals surface area contributed by atoms with Crippen molar-refractivity contribution >= 4 is 12.2 Å². The van der Waals surface area contributed by atoms with Crippen LogP contribution in [-0.4, -0.2) is 18.4 Å². The molecule has 0 atom stereocenters. The number of hydrogen-bond acceptors (Lipinski definition) is 2. The normalized spacial score (nSPS) is 12.7. The second-order valence-corrected chi connectivity index (χ2v) is 3.43. The number of hydrogen-bond donors (Lipinski definition) is 2. The highest BCUT2D eigenvalue weighted by Gasteiger charge is 2.59. The number of benzene rings is 1. The molecule has 0 amide bonds. The molecule has 4 N–H and O–H groups in total. The molecule has 19 heavy (non-hydrogen) atoms. The number of alkyl halides is 5. The summed E-state index contributed by atoms with van der Waals surface area (Å²) in [5.41, 5.74) is 8.21. The van der Waals surface area contributed by atoms with Crippen LogP contribution in [0.25, 0.3) is 0 Å². The molecule has 0 aliphatic rings. The molecule has 0 unspecified atom stereocenters. The first kappa shape index (κ1) is 14.9. The zero-order valence-electron chi connectivity index (χ0n) is 9.33. The van der Waals surface area contributed by atoms with Gasteiger partial charge in [0.1, 0.15) is 0 Å². The summed E-state index contributed by atoms with van der Waals surface area (Å²) in [6.07, 6.45) is -4.98. The smallest absolute Gasteiger partial charge is 0.369 e. The van der Waals surface area contributed by atoms with Crippen molar-refractivity contribution in [2.45, 2.75) is 12.1 Å². The van der Waals surface area contributed by atoms with Gasteiger partial charge in [0.2, 0.25) is 5.96 Å². The Kier molecular flexibility index (Phi) is 4.07. The van der Waals surface area contributed by atoms with E-state index < -0.39 is 29.2 Å². The fourth-order valence-corrected chi connectivity index (χ4v) is 1.21. The lowest BCUT2D eigenvalue weighted by Crippen LogP contribution is -2.34. The average Bonchev–Trinajstić information content (AvgIpc) is 2.27. The van der Waals surface area contributed by atoms with E-state index in [0.717, 1.165) is 12.1 Å². The second-order valence-electron chi connectivity index (χ2n) is 3.43. The molecule has 1 aromatic carbocycles. The van der Waals surface area contributed by atoms with Crippen molar-refractivity contribution < 1.29 is 22.0 Å². The van der Waals surface area contributed by atoms with Crippen LogP contribution in [-0.2, 0) is 5.92 Å². The minimum absolute atomic E-state index is 0.435. The molecule has 0 radical (unpaired) electrons. The van der Waals surface area contributed by atoms with Gasteiger partial charge in [-0.2, -0.15) is 27.1 Å². The number of nitrogens with two attached hydrogens (primary N) is 2. The predicted octanol–water partition coefficient (Wildman–Crippen LogP) is 1.95. The Morgan fingerprint density at radius 3 is 2.16 bits per heavy atom. The third-order valence-electron chi connectivity index (χ3n) is 2.03. The number of nitrogens with zero attached hydrogens (tertiary/aromatic N) is 2. The van der Waals surface area contributed by atoms with E-state index in [-0.39, 0.29) is 0 Å². The van der Waals surface area contributed by atoms with Crippen molar-refractivity contribution in [2.24, 2.45) is 21.7 Å². The van der Waals surface area contributed by atoms with Crippen LogP contribution in [0.5, 0.6) is 0 Å². The lowest BCUT2D eigenvalue weighted by molar-refractivity contribution is -0.289. The molecule has 0 heterocycles. The van der Waals surface area contributed by atoms with E-state index >= 15 is 0 Å². The largest absolute Gasteiger partial charge is 0.458 e. The fourth-order valence-electron chi connectivity index (χ4n) is 1.21. The van der Waals surface area contributed by atoms with Crippen LogP contribution in [0.2, 0.25) is 0 Å². The second kappa shape index (κ2) is 5.21. The molecule has 0 bridgehead atoms. The first-order valence-electron chi connectivity index (χ1n) is 4.82. The molecule has 1 rings (SSSR count). The van der Waals surface area contributed by atoms with Crippen molar-refractivity contribution in [1.82, 2.24) is 0 Å². The molecule has 0 aromatic heterocycles. The van der Waals surface area contributed by atoms with Gasteiger partial charge in [-0.05, 0) is 0 Å². The van der Waals surface area contributed by atoms with E-state index in [1.54, 1.807) is 0 Å². The zero-order valence-corrected chi connectivity index (χ0v) is 9.33. The highest BCUT2D eigenvalue weighted by molar-refractivity contribution is 5.83. The van der Waals surface area contributed by atoms with Crippen molar-refractivity contribution in [3.05, 3.63) is 35.4 Å². The standard InChI is InChI=1S/C10H9F5N4/c11-9(12,10(13,14)15)7-4-2-1-3-6(7)5-18-19-8(16)17/h1-5H,(H4,16,17,19). The molecule has 0 spiro atoms. The molecule has 4 nitrogen and oxygen atoms in total. The summed E-state index contributed by atoms with van der Waals surface area (Å²) >= 11 is 0. The van der Waals surface area contributed by atoms with Gasteiger partial charge >= 0.3 is 12.1 Å². The predicted molar refractivity (Wildman–Crippen MR) is 59.8 cm³/mol. The number of rotatable bonds is 3. The zero-order chi connectivity index (χ0) is 14.7. The van der Waals surface area contributed by atoms with Gasteiger partial charge in [0.25, 0.3) is 0 Å². The van der Waals surface area contributed by atoms with Gasteiger partial charge in [0.15, 0.2) is 0 Å². The van der Waals surface area contributed by atoms with E-state index in [0.29, 0.717) is 12.3 Å². The van der Waals surface area contributed by atoms with Gasteiger partial charge in [-0.25, -0.2) is 0 Å². The summed E-state index contributed by atoms with van der Waals surface area (Å²) in [4.78, 5) is 0. The molecular weight excluding hydrogens is 271 g/mol. The lowest BCUT2D eigenvalue weighted by Gasteiger charge is -2.21. The first-order valence-corrected chi connectivity index (χ1v) is 4.82. The number of guanidine groups is 1.